The van der Waals surface area contributed by atoms with Crippen molar-refractivity contribution in [2.45, 2.75) is 161 Å². The number of rotatable bonds is 38. The molecule has 0 amide bonds. The van der Waals surface area contributed by atoms with Crippen LogP contribution >= 0.6 is 7.82 Å². The molecule has 1 fully saturated rings. The summed E-state index contributed by atoms with van der Waals surface area (Å²) >= 11 is 0. The molecule has 11 heteroatoms. The molecule has 0 saturated carbocycles. The minimum atomic E-state index is -4.65. The SMILES string of the molecule is CC/C=C\C/C=C\C/C=C\C/C=C\CCCCCCC(=O)O[C@H](COC(=O)CCC/C=C\C/C=C\CC1OC1C/C=C\CCCCC)COP(=O)([O-])OCC[N+](C)(C)C. The van der Waals surface area contributed by atoms with Crippen LogP contribution < -0.4 is 4.89 Å². The second-order valence-electron chi connectivity index (χ2n) is 16.1. The van der Waals surface area contributed by atoms with E-state index >= 15 is 0 Å². The van der Waals surface area contributed by atoms with Crippen molar-refractivity contribution in [1.82, 2.24) is 0 Å². The summed E-state index contributed by atoms with van der Waals surface area (Å²) in [6.45, 7) is 3.95. The van der Waals surface area contributed by atoms with Gasteiger partial charge in [-0.15, -0.1) is 0 Å². The number of carbonyl (C=O) groups excluding carboxylic acids is 2. The molecule has 59 heavy (non-hydrogen) atoms. The van der Waals surface area contributed by atoms with Crippen LogP contribution in [0.1, 0.15) is 142 Å². The molecule has 1 aliphatic heterocycles. The van der Waals surface area contributed by atoms with Crippen LogP contribution in [-0.4, -0.2) is 82.2 Å². The van der Waals surface area contributed by atoms with Gasteiger partial charge in [-0.25, -0.2) is 0 Å². The third-order valence-corrected chi connectivity index (χ3v) is 10.3. The van der Waals surface area contributed by atoms with Crippen LogP contribution in [0.25, 0.3) is 0 Å². The third kappa shape index (κ3) is 36.7. The first-order chi connectivity index (χ1) is 28.5. The van der Waals surface area contributed by atoms with Crippen molar-refractivity contribution >= 4 is 19.8 Å². The summed E-state index contributed by atoms with van der Waals surface area (Å²) in [5.74, 6) is -0.943. The molecule has 0 aliphatic carbocycles. The first-order valence-corrected chi connectivity index (χ1v) is 23.9. The van der Waals surface area contributed by atoms with E-state index < -0.39 is 32.5 Å². The van der Waals surface area contributed by atoms with Gasteiger partial charge in [-0.1, -0.05) is 125 Å². The van der Waals surface area contributed by atoms with Crippen LogP contribution in [0.15, 0.2) is 85.1 Å². The summed E-state index contributed by atoms with van der Waals surface area (Å²) < 4.78 is 39.6. The second kappa shape index (κ2) is 35.9. The molecule has 0 aromatic carbocycles. The minimum Gasteiger partial charge on any atom is -0.756 e. The molecule has 0 aromatic rings. The Morgan fingerprint density at radius 1 is 0.627 bits per heavy atom. The third-order valence-electron chi connectivity index (χ3n) is 9.30. The van der Waals surface area contributed by atoms with Crippen LogP contribution in [0, 0.1) is 0 Å². The molecule has 4 atom stereocenters. The van der Waals surface area contributed by atoms with Gasteiger partial charge in [-0.2, -0.15) is 0 Å². The molecular weight excluding hydrogens is 766 g/mol. The predicted octanol–water partition coefficient (Wildman–Crippen LogP) is 11.2. The van der Waals surface area contributed by atoms with Gasteiger partial charge in [0.2, 0.25) is 0 Å². The van der Waals surface area contributed by atoms with E-state index in [1.54, 1.807) is 0 Å². The number of esters is 2. The summed E-state index contributed by atoms with van der Waals surface area (Å²) in [6, 6.07) is 0. The molecule has 0 aromatic heterocycles. The first kappa shape index (κ1) is 54.2. The number of unbranched alkanes of at least 4 members (excludes halogenated alkanes) is 8. The monoisotopic (exact) mass is 846 g/mol. The van der Waals surface area contributed by atoms with E-state index in [4.69, 9.17) is 23.3 Å². The molecule has 1 saturated heterocycles. The van der Waals surface area contributed by atoms with Gasteiger partial charge in [0.05, 0.1) is 40.0 Å². The number of quaternary nitrogens is 1. The smallest absolute Gasteiger partial charge is 0.306 e. The normalized spacial score (nSPS) is 17.8. The number of likely N-dealkylation sites (N-methyl/N-ethyl adjacent to an activating group) is 1. The van der Waals surface area contributed by atoms with E-state index in [9.17, 15) is 19.0 Å². The van der Waals surface area contributed by atoms with Crippen LogP contribution in [0.5, 0.6) is 0 Å². The van der Waals surface area contributed by atoms with Gasteiger partial charge in [-0.3, -0.25) is 14.2 Å². The van der Waals surface area contributed by atoms with Gasteiger partial charge >= 0.3 is 11.9 Å². The Bertz CT molecular complexity index is 1340. The number of phosphoric ester groups is 1. The lowest BCUT2D eigenvalue weighted by atomic mass is 10.1. The van der Waals surface area contributed by atoms with Crippen molar-refractivity contribution in [3.8, 4) is 0 Å². The number of allylic oxidation sites excluding steroid dienone is 12. The Labute approximate surface area is 358 Å². The van der Waals surface area contributed by atoms with Crippen molar-refractivity contribution in [2.75, 3.05) is 47.5 Å². The number of hydrogen-bond acceptors (Lipinski definition) is 9. The standard InChI is InChI=1S/C48H80NO9P/c1-6-8-10-12-14-15-16-17-18-19-20-21-22-23-26-31-35-39-48(51)57-44(43-56-59(52,53)55-41-40-49(3,4)5)42-54-47(50)38-34-30-27-24-25-29-33-37-46-45(58-46)36-32-28-13-11-9-7-2/h8,10,14-15,17-18,20-21,24,27-29,32-33,44-46H,6-7,9,11-13,16,19,22-23,25-26,30-31,34-43H2,1-5H3/b10-8-,15-14-,18-17-,21-20-,27-24-,32-28-,33-29-/t44-,45?,46?/m1/s1. The van der Waals surface area contributed by atoms with E-state index in [1.807, 2.05) is 27.2 Å². The van der Waals surface area contributed by atoms with E-state index in [1.165, 1.54) is 19.3 Å². The quantitative estimate of drug-likeness (QED) is 0.0149. The fraction of sp³-hybridized carbons (Fsp3) is 0.667. The fourth-order valence-corrected chi connectivity index (χ4v) is 6.41. The maximum Gasteiger partial charge on any atom is 0.306 e. The van der Waals surface area contributed by atoms with Crippen molar-refractivity contribution in [2.24, 2.45) is 0 Å². The van der Waals surface area contributed by atoms with Gasteiger partial charge in [0.1, 0.15) is 19.8 Å². The van der Waals surface area contributed by atoms with E-state index in [2.05, 4.69) is 92.8 Å². The summed E-state index contributed by atoms with van der Waals surface area (Å²) in [6.07, 6.45) is 47.9. The molecule has 0 bridgehead atoms. The Kier molecular flexibility index (Phi) is 32.9. The summed E-state index contributed by atoms with van der Waals surface area (Å²) in [5.41, 5.74) is 0. The van der Waals surface area contributed by atoms with Crippen molar-refractivity contribution < 1.29 is 46.8 Å². The highest BCUT2D eigenvalue weighted by molar-refractivity contribution is 7.45. The lowest BCUT2D eigenvalue weighted by Crippen LogP contribution is -2.37. The van der Waals surface area contributed by atoms with E-state index in [0.29, 0.717) is 36.1 Å². The number of hydrogen-bond donors (Lipinski definition) is 0. The lowest BCUT2D eigenvalue weighted by Gasteiger charge is -2.28. The number of ether oxygens (including phenoxy) is 3. The largest absolute Gasteiger partial charge is 0.756 e. The molecule has 3 unspecified atom stereocenters. The maximum absolute atomic E-state index is 12.7. The van der Waals surface area contributed by atoms with Gasteiger partial charge < -0.3 is 32.6 Å². The van der Waals surface area contributed by atoms with Crippen LogP contribution in [0.3, 0.4) is 0 Å². The van der Waals surface area contributed by atoms with Crippen molar-refractivity contribution in [1.29, 1.82) is 0 Å². The van der Waals surface area contributed by atoms with Gasteiger partial charge in [0, 0.05) is 12.8 Å². The van der Waals surface area contributed by atoms with E-state index in [0.717, 1.165) is 83.5 Å². The highest BCUT2D eigenvalue weighted by Crippen LogP contribution is 2.38. The Hall–Kier alpha value is -2.85. The molecule has 0 spiro atoms. The second-order valence-corrected chi connectivity index (χ2v) is 17.5. The highest BCUT2D eigenvalue weighted by Gasteiger charge is 2.36. The minimum absolute atomic E-state index is 0.0516. The van der Waals surface area contributed by atoms with Crippen molar-refractivity contribution in [3.05, 3.63) is 85.1 Å². The molecule has 1 rings (SSSR count). The zero-order valence-corrected chi connectivity index (χ0v) is 38.2. The Balaban J connectivity index is 2.35. The zero-order valence-electron chi connectivity index (χ0n) is 37.4. The van der Waals surface area contributed by atoms with Crippen LogP contribution in [0.4, 0.5) is 0 Å². The average molecular weight is 846 g/mol. The molecule has 0 N–H and O–H groups in total. The molecule has 1 aliphatic rings. The Morgan fingerprint density at radius 3 is 1.75 bits per heavy atom. The molecule has 0 radical (unpaired) electrons. The summed E-state index contributed by atoms with van der Waals surface area (Å²) in [5, 5.41) is 0. The molecule has 1 heterocycles. The van der Waals surface area contributed by atoms with Gasteiger partial charge in [0.25, 0.3) is 7.82 Å². The molecule has 10 nitrogen and oxygen atoms in total. The number of phosphoric acid groups is 1. The first-order valence-electron chi connectivity index (χ1n) is 22.4. The number of carbonyl (C=O) groups is 2. The van der Waals surface area contributed by atoms with Crippen LogP contribution in [0.2, 0.25) is 0 Å². The highest BCUT2D eigenvalue weighted by atomic mass is 31.2. The van der Waals surface area contributed by atoms with Crippen LogP contribution in [-0.2, 0) is 37.4 Å². The number of epoxide rings is 1. The average Bonchev–Trinajstić information content (AvgIpc) is 3.94. The topological polar surface area (TPSA) is 124 Å². The maximum atomic E-state index is 12.7. The number of nitrogens with zero attached hydrogens (tertiary/aromatic N) is 1. The Morgan fingerprint density at radius 2 is 1.14 bits per heavy atom. The predicted molar refractivity (Wildman–Crippen MR) is 240 cm³/mol. The zero-order chi connectivity index (χ0) is 43.3. The fourth-order valence-electron chi connectivity index (χ4n) is 5.68. The summed E-state index contributed by atoms with van der Waals surface area (Å²) in [7, 11) is 1.10. The van der Waals surface area contributed by atoms with E-state index in [-0.39, 0.29) is 26.1 Å². The molecule has 336 valence electrons. The molecular formula is C48H80NO9P. The summed E-state index contributed by atoms with van der Waals surface area (Å²) in [4.78, 5) is 37.6. The van der Waals surface area contributed by atoms with Gasteiger partial charge in [0.15, 0.2) is 6.10 Å². The van der Waals surface area contributed by atoms with Crippen molar-refractivity contribution in [3.63, 3.8) is 0 Å². The van der Waals surface area contributed by atoms with Gasteiger partial charge in [-0.05, 0) is 89.9 Å². The lowest BCUT2D eigenvalue weighted by molar-refractivity contribution is -0.870.